The number of ether oxygens (including phenoxy) is 1. The average Bonchev–Trinajstić information content (AvgIpc) is 2.38. The van der Waals surface area contributed by atoms with E-state index in [1.165, 1.54) is 0 Å². The summed E-state index contributed by atoms with van der Waals surface area (Å²) < 4.78 is 4.98. The molecule has 0 saturated carbocycles. The van der Waals surface area contributed by atoms with Gasteiger partial charge in [-0.2, -0.15) is 0 Å². The molecule has 0 aliphatic rings. The molecule has 1 aromatic heterocycles. The zero-order chi connectivity index (χ0) is 12.1. The Morgan fingerprint density at radius 2 is 2.12 bits per heavy atom. The van der Waals surface area contributed by atoms with Crippen molar-refractivity contribution in [1.29, 1.82) is 0 Å². The molecule has 1 unspecified atom stereocenters. The van der Waals surface area contributed by atoms with Gasteiger partial charge in [0.15, 0.2) is 0 Å². The lowest BCUT2D eigenvalue weighted by molar-refractivity contribution is 0.134. The first-order valence-electron chi connectivity index (χ1n) is 5.83. The van der Waals surface area contributed by atoms with Gasteiger partial charge in [0.05, 0.1) is 11.8 Å². The van der Waals surface area contributed by atoms with Crippen LogP contribution in [0.4, 0.5) is 0 Å². The topological polar surface area (TPSA) is 42.4 Å². The summed E-state index contributed by atoms with van der Waals surface area (Å²) >= 11 is 0. The Morgan fingerprint density at radius 3 is 2.94 bits per heavy atom. The van der Waals surface area contributed by atoms with Crippen molar-refractivity contribution in [2.45, 2.75) is 18.9 Å². The summed E-state index contributed by atoms with van der Waals surface area (Å²) in [5.74, 6) is 0. The van der Waals surface area contributed by atoms with Crippen molar-refractivity contribution in [3.8, 4) is 0 Å². The maximum atomic E-state index is 10.1. The van der Waals surface area contributed by atoms with Crippen molar-refractivity contribution in [3.63, 3.8) is 0 Å². The Bertz CT molecular complexity index is 479. The second kappa shape index (κ2) is 5.75. The zero-order valence-electron chi connectivity index (χ0n) is 9.97. The van der Waals surface area contributed by atoms with E-state index in [0.717, 1.165) is 22.9 Å². The fourth-order valence-corrected chi connectivity index (χ4v) is 1.97. The van der Waals surface area contributed by atoms with Gasteiger partial charge in [0.1, 0.15) is 0 Å². The van der Waals surface area contributed by atoms with Crippen molar-refractivity contribution in [1.82, 2.24) is 4.98 Å². The van der Waals surface area contributed by atoms with E-state index in [4.69, 9.17) is 4.74 Å². The van der Waals surface area contributed by atoms with E-state index >= 15 is 0 Å². The third-order valence-corrected chi connectivity index (χ3v) is 2.85. The molecule has 1 N–H and O–H groups in total. The predicted molar refractivity (Wildman–Crippen MR) is 67.8 cm³/mol. The lowest BCUT2D eigenvalue weighted by Crippen LogP contribution is -2.03. The normalized spacial score (nSPS) is 12.8. The van der Waals surface area contributed by atoms with Gasteiger partial charge in [0.2, 0.25) is 0 Å². The Hall–Kier alpha value is -1.45. The van der Waals surface area contributed by atoms with E-state index < -0.39 is 6.10 Å². The summed E-state index contributed by atoms with van der Waals surface area (Å²) in [7, 11) is 1.67. The van der Waals surface area contributed by atoms with Crippen LogP contribution in [0.3, 0.4) is 0 Å². The minimum atomic E-state index is -0.517. The van der Waals surface area contributed by atoms with E-state index in [1.807, 2.05) is 30.3 Å². The molecule has 2 rings (SSSR count). The molecule has 17 heavy (non-hydrogen) atoms. The van der Waals surface area contributed by atoms with Gasteiger partial charge in [0, 0.05) is 25.3 Å². The first-order valence-corrected chi connectivity index (χ1v) is 5.83. The summed E-state index contributed by atoms with van der Waals surface area (Å²) in [6.45, 7) is 0.668. The maximum Gasteiger partial charge on any atom is 0.0966 e. The number of hydrogen-bond donors (Lipinski definition) is 1. The number of rotatable bonds is 5. The molecule has 3 nitrogen and oxygen atoms in total. The third kappa shape index (κ3) is 2.81. The van der Waals surface area contributed by atoms with Gasteiger partial charge in [-0.1, -0.05) is 24.3 Å². The molecular formula is C14H17NO2. The molecule has 1 atom stereocenters. The zero-order valence-corrected chi connectivity index (χ0v) is 9.97. The van der Waals surface area contributed by atoms with E-state index in [0.29, 0.717) is 13.0 Å². The van der Waals surface area contributed by atoms with Crippen LogP contribution in [0, 0.1) is 0 Å². The molecule has 3 heteroatoms. The lowest BCUT2D eigenvalue weighted by Gasteiger charge is -2.12. The van der Waals surface area contributed by atoms with E-state index in [1.54, 1.807) is 13.3 Å². The Morgan fingerprint density at radius 1 is 1.29 bits per heavy atom. The van der Waals surface area contributed by atoms with Crippen molar-refractivity contribution < 1.29 is 9.84 Å². The first kappa shape index (κ1) is 12.0. The average molecular weight is 231 g/mol. The van der Waals surface area contributed by atoms with Gasteiger partial charge < -0.3 is 9.84 Å². The second-order valence-corrected chi connectivity index (χ2v) is 4.07. The number of pyridine rings is 1. The molecule has 0 fully saturated rings. The predicted octanol–water partition coefficient (Wildman–Crippen LogP) is 2.69. The summed E-state index contributed by atoms with van der Waals surface area (Å²) in [5.41, 5.74) is 0.763. The molecule has 0 amide bonds. The highest BCUT2D eigenvalue weighted by Gasteiger charge is 2.11. The largest absolute Gasteiger partial charge is 0.387 e. The summed E-state index contributed by atoms with van der Waals surface area (Å²) in [4.78, 5) is 4.29. The number of nitrogens with zero attached hydrogens (tertiary/aromatic N) is 1. The standard InChI is InChI=1S/C14H17NO2/c1-17-10-4-7-13(16)14-12-6-3-2-5-11(12)8-9-15-14/h2-3,5-6,8-9,13,16H,4,7,10H2,1H3. The van der Waals surface area contributed by atoms with E-state index in [9.17, 15) is 5.11 Å². The minimum absolute atomic E-state index is 0.517. The van der Waals surface area contributed by atoms with E-state index in [2.05, 4.69) is 4.98 Å². The number of aliphatic hydroxyl groups is 1. The van der Waals surface area contributed by atoms with Crippen molar-refractivity contribution >= 4 is 10.8 Å². The van der Waals surface area contributed by atoms with Crippen molar-refractivity contribution in [2.75, 3.05) is 13.7 Å². The monoisotopic (exact) mass is 231 g/mol. The van der Waals surface area contributed by atoms with Gasteiger partial charge in [0.25, 0.3) is 0 Å². The molecule has 0 radical (unpaired) electrons. The molecule has 0 aliphatic heterocycles. The van der Waals surface area contributed by atoms with Crippen LogP contribution in [0.2, 0.25) is 0 Å². The quantitative estimate of drug-likeness (QED) is 0.804. The van der Waals surface area contributed by atoms with Crippen LogP contribution in [0.5, 0.6) is 0 Å². The lowest BCUT2D eigenvalue weighted by atomic mass is 10.0. The molecule has 1 aromatic carbocycles. The molecule has 2 aromatic rings. The number of methoxy groups -OCH3 is 1. The molecule has 0 saturated heterocycles. The SMILES string of the molecule is COCCCC(O)c1nccc2ccccc12. The van der Waals surface area contributed by atoms with Gasteiger partial charge in [-0.15, -0.1) is 0 Å². The summed E-state index contributed by atoms with van der Waals surface area (Å²) in [5, 5.41) is 12.3. The number of hydrogen-bond acceptors (Lipinski definition) is 3. The number of benzene rings is 1. The highest BCUT2D eigenvalue weighted by Crippen LogP contribution is 2.24. The van der Waals surface area contributed by atoms with Gasteiger partial charge in [-0.25, -0.2) is 0 Å². The fourth-order valence-electron chi connectivity index (χ4n) is 1.97. The number of aromatic nitrogens is 1. The van der Waals surface area contributed by atoms with Gasteiger partial charge in [-0.05, 0) is 24.3 Å². The van der Waals surface area contributed by atoms with E-state index in [-0.39, 0.29) is 0 Å². The van der Waals surface area contributed by atoms with Crippen LogP contribution in [0.25, 0.3) is 10.8 Å². The summed E-state index contributed by atoms with van der Waals surface area (Å²) in [6, 6.07) is 9.94. The Labute approximate surface area is 101 Å². The smallest absolute Gasteiger partial charge is 0.0966 e. The van der Waals surface area contributed by atoms with Crippen LogP contribution in [-0.4, -0.2) is 23.8 Å². The van der Waals surface area contributed by atoms with Crippen LogP contribution in [0.1, 0.15) is 24.6 Å². The van der Waals surface area contributed by atoms with Crippen LogP contribution in [0.15, 0.2) is 36.5 Å². The first-order chi connectivity index (χ1) is 8.33. The maximum absolute atomic E-state index is 10.1. The molecule has 0 aliphatic carbocycles. The highest BCUT2D eigenvalue weighted by atomic mass is 16.5. The van der Waals surface area contributed by atoms with Crippen LogP contribution in [-0.2, 0) is 4.74 Å². The number of fused-ring (bicyclic) bond motifs is 1. The highest BCUT2D eigenvalue weighted by molar-refractivity contribution is 5.84. The van der Waals surface area contributed by atoms with Gasteiger partial charge in [-0.3, -0.25) is 4.98 Å². The van der Waals surface area contributed by atoms with Gasteiger partial charge >= 0.3 is 0 Å². The number of aliphatic hydroxyl groups excluding tert-OH is 1. The molecule has 0 spiro atoms. The Balaban J connectivity index is 2.22. The van der Waals surface area contributed by atoms with Crippen molar-refractivity contribution in [3.05, 3.63) is 42.2 Å². The minimum Gasteiger partial charge on any atom is -0.387 e. The van der Waals surface area contributed by atoms with Crippen LogP contribution >= 0.6 is 0 Å². The van der Waals surface area contributed by atoms with Crippen molar-refractivity contribution in [2.24, 2.45) is 0 Å². The fraction of sp³-hybridized carbons (Fsp3) is 0.357. The second-order valence-electron chi connectivity index (χ2n) is 4.07. The summed E-state index contributed by atoms with van der Waals surface area (Å²) in [6.07, 6.45) is 2.74. The Kier molecular flexibility index (Phi) is 4.07. The van der Waals surface area contributed by atoms with Crippen LogP contribution < -0.4 is 0 Å². The molecular weight excluding hydrogens is 214 g/mol. The molecule has 0 bridgehead atoms. The molecule has 90 valence electrons. The molecule has 1 heterocycles. The third-order valence-electron chi connectivity index (χ3n) is 2.85.